The van der Waals surface area contributed by atoms with Gasteiger partial charge in [-0.2, -0.15) is 0 Å². The zero-order valence-corrected chi connectivity index (χ0v) is 17.3. The number of halogens is 1. The van der Waals surface area contributed by atoms with Crippen LogP contribution in [0.3, 0.4) is 0 Å². The van der Waals surface area contributed by atoms with Gasteiger partial charge >= 0.3 is 0 Å². The maximum absolute atomic E-state index is 5.96. The number of nitrogens with one attached hydrogen (secondary N) is 1. The minimum atomic E-state index is 0.757. The van der Waals surface area contributed by atoms with Gasteiger partial charge in [0.1, 0.15) is 0 Å². The molecule has 0 aliphatic carbocycles. The number of anilines is 1. The van der Waals surface area contributed by atoms with Crippen LogP contribution in [0.2, 0.25) is 5.02 Å². The zero-order chi connectivity index (χ0) is 19.8. The Kier molecular flexibility index (Phi) is 7.45. The van der Waals surface area contributed by atoms with Crippen LogP contribution >= 0.6 is 11.6 Å². The molecule has 1 fully saturated rings. The Balaban J connectivity index is 1.39. The molecular formula is C20H28ClN7. The number of piperazine rings is 1. The van der Waals surface area contributed by atoms with Gasteiger partial charge in [0.2, 0.25) is 5.95 Å². The van der Waals surface area contributed by atoms with Crippen LogP contribution in [-0.2, 0) is 6.54 Å². The first kappa shape index (κ1) is 20.4. The Labute approximate surface area is 172 Å². The average Bonchev–Trinajstić information content (AvgIpc) is 2.74. The van der Waals surface area contributed by atoms with E-state index in [9.17, 15) is 0 Å². The van der Waals surface area contributed by atoms with Gasteiger partial charge in [-0.15, -0.1) is 0 Å². The molecule has 7 nitrogen and oxygen atoms in total. The zero-order valence-electron chi connectivity index (χ0n) is 16.6. The summed E-state index contributed by atoms with van der Waals surface area (Å²) in [6.45, 7) is 6.56. The summed E-state index contributed by atoms with van der Waals surface area (Å²) in [4.78, 5) is 19.9. The van der Waals surface area contributed by atoms with E-state index in [4.69, 9.17) is 11.6 Å². The van der Waals surface area contributed by atoms with E-state index in [0.29, 0.717) is 0 Å². The lowest BCUT2D eigenvalue weighted by atomic mass is 10.2. The van der Waals surface area contributed by atoms with Gasteiger partial charge < -0.3 is 15.1 Å². The monoisotopic (exact) mass is 401 g/mol. The minimum absolute atomic E-state index is 0.757. The van der Waals surface area contributed by atoms with Crippen LogP contribution in [0.1, 0.15) is 5.56 Å². The molecule has 1 aromatic heterocycles. The van der Waals surface area contributed by atoms with E-state index in [0.717, 1.165) is 62.7 Å². The lowest BCUT2D eigenvalue weighted by Crippen LogP contribution is -2.49. The Bertz CT molecular complexity index is 743. The van der Waals surface area contributed by atoms with Crippen molar-refractivity contribution in [2.24, 2.45) is 4.99 Å². The first-order valence-electron chi connectivity index (χ1n) is 9.56. The second-order valence-electron chi connectivity index (χ2n) is 6.83. The third kappa shape index (κ3) is 5.81. The maximum atomic E-state index is 5.96. The molecule has 0 atom stereocenters. The van der Waals surface area contributed by atoms with Crippen LogP contribution in [0.15, 0.2) is 47.7 Å². The number of benzene rings is 1. The summed E-state index contributed by atoms with van der Waals surface area (Å²) in [5, 5.41) is 4.22. The van der Waals surface area contributed by atoms with Crippen molar-refractivity contribution in [1.82, 2.24) is 25.1 Å². The van der Waals surface area contributed by atoms with Gasteiger partial charge in [0.05, 0.1) is 0 Å². The highest BCUT2D eigenvalue weighted by molar-refractivity contribution is 6.30. The van der Waals surface area contributed by atoms with Crippen LogP contribution in [0.5, 0.6) is 0 Å². The summed E-state index contributed by atoms with van der Waals surface area (Å²) in [6.07, 6.45) is 3.59. The summed E-state index contributed by atoms with van der Waals surface area (Å²) in [7, 11) is 3.86. The molecule has 1 N–H and O–H groups in total. The molecule has 1 saturated heterocycles. The van der Waals surface area contributed by atoms with Gasteiger partial charge in [-0.3, -0.25) is 9.89 Å². The fourth-order valence-corrected chi connectivity index (χ4v) is 3.40. The van der Waals surface area contributed by atoms with E-state index in [-0.39, 0.29) is 0 Å². The van der Waals surface area contributed by atoms with Crippen molar-refractivity contribution in [3.05, 3.63) is 53.3 Å². The van der Waals surface area contributed by atoms with Crippen molar-refractivity contribution in [1.29, 1.82) is 0 Å². The predicted octanol–water partition coefficient (Wildman–Crippen LogP) is 1.96. The summed E-state index contributed by atoms with van der Waals surface area (Å²) in [5.74, 6) is 1.72. The lowest BCUT2D eigenvalue weighted by Gasteiger charge is -2.34. The molecule has 8 heteroatoms. The molecule has 2 heterocycles. The molecule has 3 rings (SSSR count). The van der Waals surface area contributed by atoms with Gasteiger partial charge in [-0.05, 0) is 23.8 Å². The highest BCUT2D eigenvalue weighted by Crippen LogP contribution is 2.11. The molecule has 28 heavy (non-hydrogen) atoms. The van der Waals surface area contributed by atoms with E-state index in [2.05, 4.69) is 35.0 Å². The first-order chi connectivity index (χ1) is 13.7. The Morgan fingerprint density at radius 2 is 1.82 bits per heavy atom. The Morgan fingerprint density at radius 1 is 1.14 bits per heavy atom. The quantitative estimate of drug-likeness (QED) is 0.589. The third-order valence-electron chi connectivity index (χ3n) is 4.82. The second kappa shape index (κ2) is 10.2. The normalized spacial score (nSPS) is 15.5. The smallest absolute Gasteiger partial charge is 0.225 e. The van der Waals surface area contributed by atoms with Gasteiger partial charge in [-0.25, -0.2) is 9.97 Å². The van der Waals surface area contributed by atoms with Crippen LogP contribution in [-0.4, -0.2) is 79.1 Å². The van der Waals surface area contributed by atoms with Crippen molar-refractivity contribution in [3.63, 3.8) is 0 Å². The van der Waals surface area contributed by atoms with Crippen molar-refractivity contribution < 1.29 is 0 Å². The molecule has 150 valence electrons. The third-order valence-corrected chi connectivity index (χ3v) is 5.08. The lowest BCUT2D eigenvalue weighted by molar-refractivity contribution is 0.259. The summed E-state index contributed by atoms with van der Waals surface area (Å²) in [5.41, 5.74) is 1.20. The summed E-state index contributed by atoms with van der Waals surface area (Å²) in [6, 6.07) is 9.77. The SMILES string of the molecule is CN=C(NCCN1CCN(c2ncccn2)CC1)N(C)Cc1ccc(Cl)cc1. The van der Waals surface area contributed by atoms with Gasteiger partial charge in [0.25, 0.3) is 0 Å². The Morgan fingerprint density at radius 3 is 2.46 bits per heavy atom. The fourth-order valence-electron chi connectivity index (χ4n) is 3.28. The molecular weight excluding hydrogens is 374 g/mol. The number of hydrogen-bond donors (Lipinski definition) is 1. The minimum Gasteiger partial charge on any atom is -0.355 e. The highest BCUT2D eigenvalue weighted by atomic mass is 35.5. The van der Waals surface area contributed by atoms with E-state index in [1.807, 2.05) is 44.4 Å². The number of nitrogens with zero attached hydrogens (tertiary/aromatic N) is 6. The second-order valence-corrected chi connectivity index (χ2v) is 7.27. The van der Waals surface area contributed by atoms with Gasteiger partial charge in [-0.1, -0.05) is 23.7 Å². The molecule has 0 radical (unpaired) electrons. The first-order valence-corrected chi connectivity index (χ1v) is 9.94. The standard InChI is InChI=1S/C20H28ClN7/c1-22-19(26(2)16-17-4-6-18(21)7-5-17)25-10-11-27-12-14-28(15-13-27)20-23-8-3-9-24-20/h3-9H,10-16H2,1-2H3,(H,22,25). The number of aliphatic imine (C=N–C) groups is 1. The molecule has 0 bridgehead atoms. The molecule has 2 aromatic rings. The van der Waals surface area contributed by atoms with Crippen LogP contribution < -0.4 is 10.2 Å². The van der Waals surface area contributed by atoms with Crippen molar-refractivity contribution in [2.75, 3.05) is 58.3 Å². The van der Waals surface area contributed by atoms with Crippen molar-refractivity contribution in [2.45, 2.75) is 6.54 Å². The van der Waals surface area contributed by atoms with E-state index < -0.39 is 0 Å². The summed E-state index contributed by atoms with van der Waals surface area (Å²) < 4.78 is 0. The van der Waals surface area contributed by atoms with E-state index >= 15 is 0 Å². The molecule has 0 spiro atoms. The van der Waals surface area contributed by atoms with E-state index in [1.165, 1.54) is 5.56 Å². The molecule has 1 aliphatic rings. The molecule has 0 unspecified atom stereocenters. The fraction of sp³-hybridized carbons (Fsp3) is 0.450. The molecule has 0 amide bonds. The van der Waals surface area contributed by atoms with Crippen LogP contribution in [0, 0.1) is 0 Å². The molecule has 0 saturated carbocycles. The highest BCUT2D eigenvalue weighted by Gasteiger charge is 2.18. The molecule has 1 aliphatic heterocycles. The van der Waals surface area contributed by atoms with Gasteiger partial charge in [0.15, 0.2) is 5.96 Å². The molecule has 1 aromatic carbocycles. The van der Waals surface area contributed by atoms with E-state index in [1.54, 1.807) is 12.4 Å². The van der Waals surface area contributed by atoms with Gasteiger partial charge in [0, 0.05) is 77.3 Å². The van der Waals surface area contributed by atoms with Crippen molar-refractivity contribution >= 4 is 23.5 Å². The maximum Gasteiger partial charge on any atom is 0.225 e. The van der Waals surface area contributed by atoms with Crippen LogP contribution in [0.25, 0.3) is 0 Å². The average molecular weight is 402 g/mol. The predicted molar refractivity (Wildman–Crippen MR) is 115 cm³/mol. The largest absolute Gasteiger partial charge is 0.355 e. The number of hydrogen-bond acceptors (Lipinski definition) is 5. The summed E-state index contributed by atoms with van der Waals surface area (Å²) >= 11 is 5.96. The topological polar surface area (TPSA) is 59.9 Å². The number of rotatable bonds is 6. The number of guanidine groups is 1. The van der Waals surface area contributed by atoms with Crippen molar-refractivity contribution in [3.8, 4) is 0 Å². The Hall–Kier alpha value is -2.38. The number of aromatic nitrogens is 2. The van der Waals surface area contributed by atoms with Crippen LogP contribution in [0.4, 0.5) is 5.95 Å².